The summed E-state index contributed by atoms with van der Waals surface area (Å²) in [5.41, 5.74) is 5.81. The second kappa shape index (κ2) is 5.47. The molecule has 0 fully saturated rings. The first-order chi connectivity index (χ1) is 7.90. The monoisotopic (exact) mass is 242 g/mol. The lowest BCUT2D eigenvalue weighted by Crippen LogP contribution is -1.97. The van der Waals surface area contributed by atoms with Crippen LogP contribution in [0.5, 0.6) is 0 Å². The first-order valence-corrected chi connectivity index (χ1v) is 6.06. The fourth-order valence-electron chi connectivity index (χ4n) is 2.32. The fourth-order valence-corrected chi connectivity index (χ4v) is 2.32. The highest BCUT2D eigenvalue weighted by Crippen LogP contribution is 2.14. The first kappa shape index (κ1) is 12.3. The zero-order valence-corrected chi connectivity index (χ0v) is 11.6. The molecule has 1 heteroatoms. The summed E-state index contributed by atoms with van der Waals surface area (Å²) >= 11 is 0. The van der Waals surface area contributed by atoms with Gasteiger partial charge in [0.15, 0.2) is 0 Å². The number of rotatable bonds is 0. The molecule has 0 nitrogen and oxygen atoms in total. The molecule has 4 aliphatic rings. The van der Waals surface area contributed by atoms with Crippen LogP contribution in [0.1, 0.15) is 22.3 Å². The molecule has 0 aliphatic heterocycles. The maximum absolute atomic E-state index is 2.28. The topological polar surface area (TPSA) is 0 Å². The van der Waals surface area contributed by atoms with Crippen LogP contribution in [0.15, 0.2) is 48.5 Å². The number of aryl methyl sites for hydroxylation is 4. The largest absolute Gasteiger partial charge is 0.153 e. The highest BCUT2D eigenvalue weighted by atomic mass is 31.0. The quantitative estimate of drug-likeness (QED) is 0.619. The van der Waals surface area contributed by atoms with Gasteiger partial charge in [-0.15, -0.1) is 0 Å². The van der Waals surface area contributed by atoms with Gasteiger partial charge < -0.3 is 0 Å². The minimum absolute atomic E-state index is 0. The molecule has 1 atom stereocenters. The Labute approximate surface area is 107 Å². The van der Waals surface area contributed by atoms with Gasteiger partial charge in [-0.2, -0.15) is 9.90 Å². The maximum Gasteiger partial charge on any atom is -0.0238 e. The highest BCUT2D eigenvalue weighted by Gasteiger charge is 2.01. The Bertz CT molecular complexity index is 374. The normalized spacial score (nSPS) is 13.6. The van der Waals surface area contributed by atoms with Crippen LogP contribution in [0, 0.1) is 0 Å². The third kappa shape index (κ3) is 2.96. The van der Waals surface area contributed by atoms with Gasteiger partial charge in [0.05, 0.1) is 0 Å². The van der Waals surface area contributed by atoms with E-state index in [0.29, 0.717) is 0 Å². The second-order valence-electron chi connectivity index (χ2n) is 4.63. The minimum Gasteiger partial charge on any atom is -0.153 e. The maximum atomic E-state index is 2.28. The van der Waals surface area contributed by atoms with Gasteiger partial charge in [0.25, 0.3) is 0 Å². The summed E-state index contributed by atoms with van der Waals surface area (Å²) in [6.45, 7) is 0. The molecule has 0 heterocycles. The van der Waals surface area contributed by atoms with Crippen LogP contribution in [0.4, 0.5) is 0 Å². The van der Waals surface area contributed by atoms with Crippen LogP contribution < -0.4 is 0 Å². The van der Waals surface area contributed by atoms with E-state index < -0.39 is 0 Å². The zero-order chi connectivity index (χ0) is 10.8. The Hall–Kier alpha value is -1.13. The van der Waals surface area contributed by atoms with Crippen molar-refractivity contribution in [3.63, 3.8) is 0 Å². The van der Waals surface area contributed by atoms with Crippen molar-refractivity contribution in [1.82, 2.24) is 0 Å². The van der Waals surface area contributed by atoms with Crippen LogP contribution in [-0.4, -0.2) is 0 Å². The molecule has 0 saturated carbocycles. The Morgan fingerprint density at radius 1 is 0.412 bits per heavy atom. The van der Waals surface area contributed by atoms with Crippen LogP contribution in [0.25, 0.3) is 0 Å². The first-order valence-electron chi connectivity index (χ1n) is 6.06. The van der Waals surface area contributed by atoms with E-state index in [1.807, 2.05) is 0 Å². The SMILES string of the molecule is P.c1cc2ccc1CCc1ccc(cc1)CC2. The molecule has 88 valence electrons. The number of hydrogen-bond donors (Lipinski definition) is 0. The van der Waals surface area contributed by atoms with Gasteiger partial charge in [0, 0.05) is 0 Å². The van der Waals surface area contributed by atoms with Gasteiger partial charge in [-0.1, -0.05) is 48.5 Å². The van der Waals surface area contributed by atoms with Crippen molar-refractivity contribution in [3.05, 3.63) is 70.8 Å². The lowest BCUT2D eigenvalue weighted by atomic mass is 9.97. The summed E-state index contributed by atoms with van der Waals surface area (Å²) in [6, 6.07) is 18.2. The van der Waals surface area contributed by atoms with E-state index in [1.54, 1.807) is 0 Å². The Morgan fingerprint density at radius 2 is 0.588 bits per heavy atom. The molecule has 2 aromatic rings. The average molecular weight is 242 g/mol. The Kier molecular flexibility index (Phi) is 3.97. The van der Waals surface area contributed by atoms with E-state index in [1.165, 1.54) is 22.3 Å². The molecular weight excluding hydrogens is 223 g/mol. The van der Waals surface area contributed by atoms with Gasteiger partial charge >= 0.3 is 0 Å². The van der Waals surface area contributed by atoms with Crippen LogP contribution in [0.2, 0.25) is 0 Å². The predicted octanol–water partition coefficient (Wildman–Crippen LogP) is 3.63. The molecule has 0 spiro atoms. The Balaban J connectivity index is 0.00000108. The summed E-state index contributed by atoms with van der Waals surface area (Å²) in [4.78, 5) is 0. The smallest absolute Gasteiger partial charge is 0.0238 e. The number of hydrogen-bond acceptors (Lipinski definition) is 0. The van der Waals surface area contributed by atoms with E-state index >= 15 is 0 Å². The number of benzene rings is 2. The molecule has 0 amide bonds. The highest BCUT2D eigenvalue weighted by molar-refractivity contribution is 6.92. The Morgan fingerprint density at radius 3 is 0.765 bits per heavy atom. The molecule has 0 radical (unpaired) electrons. The van der Waals surface area contributed by atoms with Crippen LogP contribution >= 0.6 is 9.90 Å². The molecule has 4 bridgehead atoms. The fraction of sp³-hybridized carbons (Fsp3) is 0.250. The summed E-state index contributed by atoms with van der Waals surface area (Å²) in [7, 11) is 0. The van der Waals surface area contributed by atoms with Crippen molar-refractivity contribution < 1.29 is 0 Å². The molecule has 0 saturated heterocycles. The van der Waals surface area contributed by atoms with E-state index in [2.05, 4.69) is 48.5 Å². The predicted molar refractivity (Wildman–Crippen MR) is 78.8 cm³/mol. The lowest BCUT2D eigenvalue weighted by molar-refractivity contribution is 0.921. The van der Waals surface area contributed by atoms with E-state index in [0.717, 1.165) is 25.7 Å². The molecule has 2 aromatic carbocycles. The van der Waals surface area contributed by atoms with Crippen molar-refractivity contribution in [2.75, 3.05) is 0 Å². The summed E-state index contributed by atoms with van der Waals surface area (Å²) in [5.74, 6) is 0. The summed E-state index contributed by atoms with van der Waals surface area (Å²) < 4.78 is 0. The van der Waals surface area contributed by atoms with Crippen LogP contribution in [-0.2, 0) is 25.7 Å². The van der Waals surface area contributed by atoms with Gasteiger partial charge in [0.2, 0.25) is 0 Å². The average Bonchev–Trinajstić information content (AvgIpc) is 2.33. The standard InChI is InChI=1S/C16H16.H3P/c1-2-14-4-3-13(1)9-10-15-5-7-16(8-6-15)12-11-14;/h1-8H,9-12H2;1H3. The van der Waals surface area contributed by atoms with E-state index in [4.69, 9.17) is 0 Å². The minimum atomic E-state index is 0. The van der Waals surface area contributed by atoms with Crippen molar-refractivity contribution in [1.29, 1.82) is 0 Å². The van der Waals surface area contributed by atoms with Crippen molar-refractivity contribution in [3.8, 4) is 0 Å². The molecular formula is C16H19P. The van der Waals surface area contributed by atoms with Gasteiger partial charge in [-0.3, -0.25) is 0 Å². The summed E-state index contributed by atoms with van der Waals surface area (Å²) in [5, 5.41) is 0. The third-order valence-electron chi connectivity index (χ3n) is 3.45. The molecule has 4 aliphatic carbocycles. The van der Waals surface area contributed by atoms with Crippen LogP contribution in [0.3, 0.4) is 0 Å². The molecule has 1 unspecified atom stereocenters. The molecule has 0 N–H and O–H groups in total. The van der Waals surface area contributed by atoms with E-state index in [-0.39, 0.29) is 9.90 Å². The molecule has 6 rings (SSSR count). The third-order valence-corrected chi connectivity index (χ3v) is 3.45. The van der Waals surface area contributed by atoms with E-state index in [9.17, 15) is 0 Å². The van der Waals surface area contributed by atoms with Crippen molar-refractivity contribution in [2.45, 2.75) is 25.7 Å². The molecule has 0 aromatic heterocycles. The van der Waals surface area contributed by atoms with Crippen molar-refractivity contribution in [2.24, 2.45) is 0 Å². The van der Waals surface area contributed by atoms with Gasteiger partial charge in [-0.25, -0.2) is 0 Å². The lowest BCUT2D eigenvalue weighted by Gasteiger charge is -2.09. The zero-order valence-electron chi connectivity index (χ0n) is 10.2. The van der Waals surface area contributed by atoms with Gasteiger partial charge in [0.1, 0.15) is 0 Å². The second-order valence-corrected chi connectivity index (χ2v) is 4.63. The van der Waals surface area contributed by atoms with Crippen molar-refractivity contribution >= 4 is 9.90 Å². The van der Waals surface area contributed by atoms with Gasteiger partial charge in [-0.05, 0) is 47.9 Å². The molecule has 17 heavy (non-hydrogen) atoms. The summed E-state index contributed by atoms with van der Waals surface area (Å²) in [6.07, 6.45) is 4.61.